The molecule has 4 heterocycles. The number of H-pyrrole nitrogens is 1. The normalized spacial score (nSPS) is 16.5. The van der Waals surface area contributed by atoms with Crippen LogP contribution < -0.4 is 0 Å². The summed E-state index contributed by atoms with van der Waals surface area (Å²) in [5, 5.41) is 11.0. The van der Waals surface area contributed by atoms with Gasteiger partial charge in [0, 0.05) is 43.1 Å². The summed E-state index contributed by atoms with van der Waals surface area (Å²) in [6, 6.07) is 8.58. The minimum atomic E-state index is -0.681. The third kappa shape index (κ3) is 3.36. The molecule has 0 spiro atoms. The predicted molar refractivity (Wildman–Crippen MR) is 98.7 cm³/mol. The highest BCUT2D eigenvalue weighted by Gasteiger charge is 2.34. The zero-order chi connectivity index (χ0) is 20.7. The van der Waals surface area contributed by atoms with Gasteiger partial charge in [-0.15, -0.1) is 0 Å². The molecule has 0 aliphatic carbocycles. The van der Waals surface area contributed by atoms with Crippen LogP contribution >= 0.6 is 0 Å². The lowest BCUT2D eigenvalue weighted by Gasteiger charge is -2.16. The second kappa shape index (κ2) is 7.21. The minimum absolute atomic E-state index is 0.0548. The number of halogens is 2. The van der Waals surface area contributed by atoms with E-state index in [0.29, 0.717) is 29.5 Å². The Kier molecular flexibility index (Phi) is 4.38. The molecule has 10 heteroatoms. The van der Waals surface area contributed by atoms with Gasteiger partial charge in [0.1, 0.15) is 23.0 Å². The molecule has 1 amide bonds. The number of hydrogen-bond donors (Lipinski definition) is 1. The SMILES string of the molecule is O=C1CC(c2noc(-c3cc(-c4ccco4)n[nH]3)n2)CN1Cc1ccc(F)cc1F. The van der Waals surface area contributed by atoms with Crippen LogP contribution in [0.5, 0.6) is 0 Å². The van der Waals surface area contributed by atoms with Crippen molar-refractivity contribution < 1.29 is 22.5 Å². The Morgan fingerprint density at radius 1 is 1.23 bits per heavy atom. The van der Waals surface area contributed by atoms with Gasteiger partial charge in [-0.25, -0.2) is 8.78 Å². The highest BCUT2D eigenvalue weighted by molar-refractivity contribution is 5.79. The fraction of sp³-hybridized carbons (Fsp3) is 0.200. The monoisotopic (exact) mass is 411 g/mol. The number of likely N-dealkylation sites (tertiary alicyclic amines) is 1. The summed E-state index contributed by atoms with van der Waals surface area (Å²) in [5.74, 6) is -0.555. The lowest BCUT2D eigenvalue weighted by molar-refractivity contribution is -0.128. The molecule has 1 aromatic carbocycles. The number of nitrogens with zero attached hydrogens (tertiary/aromatic N) is 4. The number of carbonyl (C=O) groups is 1. The fourth-order valence-corrected chi connectivity index (χ4v) is 3.45. The number of carbonyl (C=O) groups excluding carboxylic acids is 1. The summed E-state index contributed by atoms with van der Waals surface area (Å²) >= 11 is 0. The van der Waals surface area contributed by atoms with E-state index in [0.717, 1.165) is 6.07 Å². The molecule has 0 bridgehead atoms. The van der Waals surface area contributed by atoms with Crippen molar-refractivity contribution in [3.63, 3.8) is 0 Å². The Labute approximate surface area is 168 Å². The fourth-order valence-electron chi connectivity index (χ4n) is 3.45. The van der Waals surface area contributed by atoms with E-state index < -0.39 is 11.6 Å². The summed E-state index contributed by atoms with van der Waals surface area (Å²) < 4.78 is 37.6. The predicted octanol–water partition coefficient (Wildman–Crippen LogP) is 3.51. The lowest BCUT2D eigenvalue weighted by Crippen LogP contribution is -2.25. The maximum atomic E-state index is 13.9. The van der Waals surface area contributed by atoms with Crippen LogP contribution in [0.15, 0.2) is 51.6 Å². The molecular weight excluding hydrogens is 396 g/mol. The number of benzene rings is 1. The van der Waals surface area contributed by atoms with E-state index in [1.807, 2.05) is 0 Å². The van der Waals surface area contributed by atoms with Gasteiger partial charge in [0.2, 0.25) is 5.91 Å². The van der Waals surface area contributed by atoms with Gasteiger partial charge in [-0.2, -0.15) is 10.1 Å². The van der Waals surface area contributed by atoms with E-state index in [1.54, 1.807) is 24.5 Å². The topological polar surface area (TPSA) is 101 Å². The lowest BCUT2D eigenvalue weighted by atomic mass is 10.1. The van der Waals surface area contributed by atoms with Gasteiger partial charge in [-0.1, -0.05) is 11.2 Å². The molecule has 1 N–H and O–H groups in total. The number of hydrogen-bond acceptors (Lipinski definition) is 6. The molecule has 30 heavy (non-hydrogen) atoms. The number of rotatable bonds is 5. The number of aromatic nitrogens is 4. The van der Waals surface area contributed by atoms with E-state index in [4.69, 9.17) is 8.94 Å². The van der Waals surface area contributed by atoms with Gasteiger partial charge in [0.25, 0.3) is 5.89 Å². The van der Waals surface area contributed by atoms with Gasteiger partial charge in [-0.05, 0) is 18.2 Å². The highest BCUT2D eigenvalue weighted by atomic mass is 19.1. The van der Waals surface area contributed by atoms with Gasteiger partial charge in [0.15, 0.2) is 11.6 Å². The molecule has 3 aromatic heterocycles. The van der Waals surface area contributed by atoms with Crippen LogP contribution in [0.2, 0.25) is 0 Å². The minimum Gasteiger partial charge on any atom is -0.463 e. The molecule has 5 rings (SSSR count). The van der Waals surface area contributed by atoms with Gasteiger partial charge in [-0.3, -0.25) is 9.89 Å². The van der Waals surface area contributed by atoms with Crippen molar-refractivity contribution in [2.75, 3.05) is 6.54 Å². The summed E-state index contributed by atoms with van der Waals surface area (Å²) in [6.07, 6.45) is 1.73. The van der Waals surface area contributed by atoms with Gasteiger partial charge < -0.3 is 13.8 Å². The third-order valence-corrected chi connectivity index (χ3v) is 4.98. The highest BCUT2D eigenvalue weighted by Crippen LogP contribution is 2.30. The summed E-state index contributed by atoms with van der Waals surface area (Å²) in [7, 11) is 0. The number of furan rings is 1. The van der Waals surface area contributed by atoms with Crippen LogP contribution in [-0.4, -0.2) is 37.7 Å². The van der Waals surface area contributed by atoms with Crippen LogP contribution in [0.3, 0.4) is 0 Å². The summed E-state index contributed by atoms with van der Waals surface area (Å²) in [6.45, 7) is 0.369. The Morgan fingerprint density at radius 2 is 2.13 bits per heavy atom. The molecule has 8 nitrogen and oxygen atoms in total. The first-order chi connectivity index (χ1) is 14.6. The second-order valence-corrected chi connectivity index (χ2v) is 7.01. The Morgan fingerprint density at radius 3 is 2.93 bits per heavy atom. The Hall–Kier alpha value is -3.82. The van der Waals surface area contributed by atoms with Crippen molar-refractivity contribution >= 4 is 5.91 Å². The van der Waals surface area contributed by atoms with Crippen molar-refractivity contribution in [3.05, 3.63) is 65.7 Å². The largest absolute Gasteiger partial charge is 0.463 e. The average molecular weight is 411 g/mol. The molecule has 4 aromatic rings. The number of aromatic amines is 1. The van der Waals surface area contributed by atoms with Crippen molar-refractivity contribution in [1.29, 1.82) is 0 Å². The van der Waals surface area contributed by atoms with E-state index in [1.165, 1.54) is 17.0 Å². The van der Waals surface area contributed by atoms with Crippen molar-refractivity contribution in [3.8, 4) is 23.0 Å². The van der Waals surface area contributed by atoms with Crippen LogP contribution in [0.25, 0.3) is 23.0 Å². The van der Waals surface area contributed by atoms with E-state index in [9.17, 15) is 13.6 Å². The molecular formula is C20H15F2N5O3. The van der Waals surface area contributed by atoms with Crippen LogP contribution in [0.4, 0.5) is 8.78 Å². The number of amides is 1. The molecule has 1 unspecified atom stereocenters. The van der Waals surface area contributed by atoms with E-state index in [2.05, 4.69) is 20.3 Å². The van der Waals surface area contributed by atoms with Gasteiger partial charge >= 0.3 is 0 Å². The number of nitrogens with one attached hydrogen (secondary N) is 1. The first-order valence-electron chi connectivity index (χ1n) is 9.22. The average Bonchev–Trinajstić information content (AvgIpc) is 3.51. The molecule has 0 saturated carbocycles. The molecule has 0 radical (unpaired) electrons. The molecule has 152 valence electrons. The molecule has 1 fully saturated rings. The second-order valence-electron chi connectivity index (χ2n) is 7.01. The zero-order valence-electron chi connectivity index (χ0n) is 15.5. The van der Waals surface area contributed by atoms with Crippen molar-refractivity contribution in [2.24, 2.45) is 0 Å². The maximum absolute atomic E-state index is 13.9. The summed E-state index contributed by atoms with van der Waals surface area (Å²) in [4.78, 5) is 18.3. The smallest absolute Gasteiger partial charge is 0.275 e. The molecule has 1 aliphatic rings. The van der Waals surface area contributed by atoms with Gasteiger partial charge in [0.05, 0.1) is 6.26 Å². The maximum Gasteiger partial charge on any atom is 0.275 e. The van der Waals surface area contributed by atoms with Crippen molar-refractivity contribution in [1.82, 2.24) is 25.2 Å². The van der Waals surface area contributed by atoms with Crippen LogP contribution in [0, 0.1) is 11.6 Å². The van der Waals surface area contributed by atoms with E-state index in [-0.39, 0.29) is 36.2 Å². The molecule has 1 saturated heterocycles. The van der Waals surface area contributed by atoms with E-state index >= 15 is 0 Å². The third-order valence-electron chi connectivity index (χ3n) is 4.98. The van der Waals surface area contributed by atoms with Crippen LogP contribution in [-0.2, 0) is 11.3 Å². The van der Waals surface area contributed by atoms with Crippen molar-refractivity contribution in [2.45, 2.75) is 18.9 Å². The zero-order valence-corrected chi connectivity index (χ0v) is 15.5. The standard InChI is InChI=1S/C20H15F2N5O3/c21-13-4-3-11(14(22)7-13)9-27-10-12(6-18(27)28)19-23-20(30-26-19)16-8-15(24-25-16)17-2-1-5-29-17/h1-5,7-8,12H,6,9-10H2,(H,24,25). The molecule has 1 atom stereocenters. The Balaban J connectivity index is 1.30. The molecule has 1 aliphatic heterocycles. The van der Waals surface area contributed by atoms with Crippen LogP contribution in [0.1, 0.15) is 23.7 Å². The first kappa shape index (κ1) is 18.2. The quantitative estimate of drug-likeness (QED) is 0.539. The Bertz CT molecular complexity index is 1200. The first-order valence-corrected chi connectivity index (χ1v) is 9.22. The summed E-state index contributed by atoms with van der Waals surface area (Å²) in [5.41, 5.74) is 1.37.